The molecule has 0 bridgehead atoms. The number of carbonyl (C=O) groups is 2. The maximum atomic E-state index is 12.6. The Morgan fingerprint density at radius 2 is 1.90 bits per heavy atom. The van der Waals surface area contributed by atoms with E-state index in [0.29, 0.717) is 0 Å². The predicted octanol–water partition coefficient (Wildman–Crippen LogP) is 1.62. The molecule has 21 heavy (non-hydrogen) atoms. The minimum atomic E-state index is -0.581. The van der Waals surface area contributed by atoms with Gasteiger partial charge in [-0.05, 0) is 30.5 Å². The first kappa shape index (κ1) is 15.6. The number of likely N-dealkylation sites (tertiary alicyclic amines) is 1. The van der Waals surface area contributed by atoms with Crippen LogP contribution in [0.25, 0.3) is 0 Å². The standard InChI is InChI=1S/C14H17N3O3.ClH/c1-16-11(13(18)17-8-2-3-9-17)12(20-14(16)19)10-4-6-15-7-5-10;/h4-7,11-12H,2-3,8-9H2,1H3;1H/t11-,12+;/m1./s1. The second kappa shape index (κ2) is 6.30. The van der Waals surface area contributed by atoms with Gasteiger partial charge in [-0.3, -0.25) is 14.7 Å². The summed E-state index contributed by atoms with van der Waals surface area (Å²) in [5, 5.41) is 0. The highest BCUT2D eigenvalue weighted by Gasteiger charge is 2.46. The summed E-state index contributed by atoms with van der Waals surface area (Å²) in [4.78, 5) is 31.6. The zero-order chi connectivity index (χ0) is 14.1. The highest BCUT2D eigenvalue weighted by atomic mass is 35.5. The molecule has 0 N–H and O–H groups in total. The van der Waals surface area contributed by atoms with Crippen molar-refractivity contribution in [1.29, 1.82) is 0 Å². The normalized spacial score (nSPS) is 24.7. The third-order valence-electron chi connectivity index (χ3n) is 3.93. The van der Waals surface area contributed by atoms with Crippen molar-refractivity contribution in [3.63, 3.8) is 0 Å². The molecule has 0 aromatic carbocycles. The second-order valence-corrected chi connectivity index (χ2v) is 5.17. The molecule has 6 nitrogen and oxygen atoms in total. The SMILES string of the molecule is CN1C(=O)O[C@@H](c2ccncc2)[C@@H]1C(=O)N1CCCC1.Cl. The molecular weight excluding hydrogens is 294 g/mol. The molecule has 0 saturated carbocycles. The summed E-state index contributed by atoms with van der Waals surface area (Å²) in [6.07, 6.45) is 4.32. The van der Waals surface area contributed by atoms with Crippen LogP contribution in [0.1, 0.15) is 24.5 Å². The van der Waals surface area contributed by atoms with E-state index in [4.69, 9.17) is 4.74 Å². The highest BCUT2D eigenvalue weighted by Crippen LogP contribution is 2.33. The van der Waals surface area contributed by atoms with Gasteiger partial charge >= 0.3 is 6.09 Å². The second-order valence-electron chi connectivity index (χ2n) is 5.17. The van der Waals surface area contributed by atoms with Crippen LogP contribution in [0, 0.1) is 0 Å². The largest absolute Gasteiger partial charge is 0.438 e. The van der Waals surface area contributed by atoms with Crippen molar-refractivity contribution in [2.75, 3.05) is 20.1 Å². The average molecular weight is 312 g/mol. The van der Waals surface area contributed by atoms with Crippen molar-refractivity contribution in [1.82, 2.24) is 14.8 Å². The van der Waals surface area contributed by atoms with E-state index in [0.717, 1.165) is 31.5 Å². The van der Waals surface area contributed by atoms with Crippen LogP contribution in [0.4, 0.5) is 4.79 Å². The van der Waals surface area contributed by atoms with Gasteiger partial charge in [0.25, 0.3) is 0 Å². The van der Waals surface area contributed by atoms with Crippen LogP contribution in [0.15, 0.2) is 24.5 Å². The van der Waals surface area contributed by atoms with Crippen LogP contribution < -0.4 is 0 Å². The number of hydrogen-bond donors (Lipinski definition) is 0. The highest BCUT2D eigenvalue weighted by molar-refractivity contribution is 5.89. The molecule has 2 saturated heterocycles. The Kier molecular flexibility index (Phi) is 4.67. The molecule has 0 unspecified atom stereocenters. The van der Waals surface area contributed by atoms with Gasteiger partial charge in [0.2, 0.25) is 5.91 Å². The molecule has 2 fully saturated rings. The summed E-state index contributed by atoms with van der Waals surface area (Å²) in [6.45, 7) is 1.53. The number of ether oxygens (including phenoxy) is 1. The fourth-order valence-corrected chi connectivity index (χ4v) is 2.80. The van der Waals surface area contributed by atoms with Crippen molar-refractivity contribution in [2.45, 2.75) is 25.0 Å². The number of rotatable bonds is 2. The molecule has 7 heteroatoms. The minimum absolute atomic E-state index is 0. The van der Waals surface area contributed by atoms with E-state index in [1.807, 2.05) is 4.90 Å². The van der Waals surface area contributed by atoms with Crippen molar-refractivity contribution in [2.24, 2.45) is 0 Å². The lowest BCUT2D eigenvalue weighted by Gasteiger charge is -2.25. The van der Waals surface area contributed by atoms with Gasteiger partial charge in [0, 0.05) is 32.5 Å². The van der Waals surface area contributed by atoms with Gasteiger partial charge in [-0.15, -0.1) is 12.4 Å². The Morgan fingerprint density at radius 3 is 2.52 bits per heavy atom. The van der Waals surface area contributed by atoms with Gasteiger partial charge in [0.15, 0.2) is 12.1 Å². The molecule has 1 aromatic heterocycles. The topological polar surface area (TPSA) is 62.7 Å². The quantitative estimate of drug-likeness (QED) is 0.832. The maximum absolute atomic E-state index is 12.6. The summed E-state index contributed by atoms with van der Waals surface area (Å²) in [5.74, 6) is -0.0299. The maximum Gasteiger partial charge on any atom is 0.411 e. The van der Waals surface area contributed by atoms with Gasteiger partial charge < -0.3 is 9.64 Å². The molecule has 2 amide bonds. The van der Waals surface area contributed by atoms with Crippen LogP contribution in [-0.4, -0.2) is 53.0 Å². The van der Waals surface area contributed by atoms with E-state index in [-0.39, 0.29) is 18.3 Å². The number of hydrogen-bond acceptors (Lipinski definition) is 4. The molecule has 2 aliphatic heterocycles. The number of pyridine rings is 1. The molecule has 2 aliphatic rings. The van der Waals surface area contributed by atoms with Crippen LogP contribution in [-0.2, 0) is 9.53 Å². The van der Waals surface area contributed by atoms with E-state index in [1.54, 1.807) is 31.6 Å². The Morgan fingerprint density at radius 1 is 1.29 bits per heavy atom. The monoisotopic (exact) mass is 311 g/mol. The molecular formula is C14H18ClN3O3. The number of amides is 2. The fraction of sp³-hybridized carbons (Fsp3) is 0.500. The lowest BCUT2D eigenvalue weighted by Crippen LogP contribution is -2.46. The molecule has 0 spiro atoms. The first-order valence-electron chi connectivity index (χ1n) is 6.80. The Labute approximate surface area is 129 Å². The number of nitrogens with zero attached hydrogens (tertiary/aromatic N) is 3. The Bertz CT molecular complexity index is 519. The van der Waals surface area contributed by atoms with Gasteiger partial charge in [-0.1, -0.05) is 0 Å². The third kappa shape index (κ3) is 2.81. The van der Waals surface area contributed by atoms with Crippen molar-refractivity contribution in [3.8, 4) is 0 Å². The summed E-state index contributed by atoms with van der Waals surface area (Å²) in [5.41, 5.74) is 0.801. The minimum Gasteiger partial charge on any atom is -0.438 e. The van der Waals surface area contributed by atoms with E-state index in [9.17, 15) is 9.59 Å². The van der Waals surface area contributed by atoms with E-state index < -0.39 is 18.2 Å². The zero-order valence-electron chi connectivity index (χ0n) is 11.8. The number of carbonyl (C=O) groups excluding carboxylic acids is 2. The average Bonchev–Trinajstić information content (AvgIpc) is 3.09. The summed E-state index contributed by atoms with van der Waals surface area (Å²) in [7, 11) is 1.61. The first-order valence-corrected chi connectivity index (χ1v) is 6.80. The lowest BCUT2D eigenvalue weighted by molar-refractivity contribution is -0.135. The molecule has 3 rings (SSSR count). The van der Waals surface area contributed by atoms with Crippen molar-refractivity contribution in [3.05, 3.63) is 30.1 Å². The zero-order valence-corrected chi connectivity index (χ0v) is 12.6. The fourth-order valence-electron chi connectivity index (χ4n) is 2.80. The van der Waals surface area contributed by atoms with E-state index in [2.05, 4.69) is 4.98 Å². The van der Waals surface area contributed by atoms with Crippen LogP contribution >= 0.6 is 12.4 Å². The van der Waals surface area contributed by atoms with Crippen molar-refractivity contribution >= 4 is 24.4 Å². The third-order valence-corrected chi connectivity index (χ3v) is 3.93. The van der Waals surface area contributed by atoms with Crippen LogP contribution in [0.3, 0.4) is 0 Å². The molecule has 3 heterocycles. The molecule has 0 radical (unpaired) electrons. The van der Waals surface area contributed by atoms with Crippen LogP contribution in [0.2, 0.25) is 0 Å². The smallest absolute Gasteiger partial charge is 0.411 e. The first-order chi connectivity index (χ1) is 9.68. The van der Waals surface area contributed by atoms with E-state index in [1.165, 1.54) is 4.90 Å². The summed E-state index contributed by atoms with van der Waals surface area (Å²) in [6, 6.07) is 2.98. The summed E-state index contributed by atoms with van der Waals surface area (Å²) >= 11 is 0. The van der Waals surface area contributed by atoms with Gasteiger partial charge in [-0.2, -0.15) is 0 Å². The van der Waals surface area contributed by atoms with Gasteiger partial charge in [0.05, 0.1) is 0 Å². The van der Waals surface area contributed by atoms with Gasteiger partial charge in [0.1, 0.15) is 0 Å². The van der Waals surface area contributed by atoms with Crippen molar-refractivity contribution < 1.29 is 14.3 Å². The Hall–Kier alpha value is -1.82. The number of likely N-dealkylation sites (N-methyl/N-ethyl adjacent to an activating group) is 1. The van der Waals surface area contributed by atoms with Gasteiger partial charge in [-0.25, -0.2) is 4.79 Å². The number of cyclic esters (lactones) is 1. The summed E-state index contributed by atoms with van der Waals surface area (Å²) < 4.78 is 5.36. The molecule has 114 valence electrons. The molecule has 0 aliphatic carbocycles. The van der Waals surface area contributed by atoms with Crippen LogP contribution in [0.5, 0.6) is 0 Å². The molecule has 1 aromatic rings. The van der Waals surface area contributed by atoms with E-state index >= 15 is 0 Å². The number of aromatic nitrogens is 1. The Balaban J connectivity index is 0.00000161. The lowest BCUT2D eigenvalue weighted by atomic mass is 10.0. The number of halogens is 1. The predicted molar refractivity (Wildman–Crippen MR) is 78.1 cm³/mol. The molecule has 2 atom stereocenters.